The number of nitrogens with zero attached hydrogens (tertiary/aromatic N) is 1. The van der Waals surface area contributed by atoms with Crippen molar-refractivity contribution in [2.24, 2.45) is 0 Å². The number of hydrogen-bond acceptors (Lipinski definition) is 2. The second kappa shape index (κ2) is 7.87. The van der Waals surface area contributed by atoms with Gasteiger partial charge in [-0.05, 0) is 44.0 Å². The molecule has 2 aromatic carbocycles. The summed E-state index contributed by atoms with van der Waals surface area (Å²) in [6.45, 7) is 0.781. The predicted octanol–water partition coefficient (Wildman–Crippen LogP) is 3.42. The molecule has 3 nitrogen and oxygen atoms in total. The normalized spacial score (nSPS) is 12.0. The van der Waals surface area contributed by atoms with Crippen molar-refractivity contribution in [3.05, 3.63) is 66.0 Å². The zero-order valence-electron chi connectivity index (χ0n) is 12.7. The van der Waals surface area contributed by atoms with E-state index < -0.39 is 0 Å². The van der Waals surface area contributed by atoms with E-state index in [4.69, 9.17) is 12.2 Å². The van der Waals surface area contributed by atoms with E-state index in [0.717, 1.165) is 12.1 Å². The molecule has 0 spiro atoms. The Morgan fingerprint density at radius 1 is 1.09 bits per heavy atom. The summed E-state index contributed by atoms with van der Waals surface area (Å²) < 4.78 is 13.7. The van der Waals surface area contributed by atoms with Gasteiger partial charge in [-0.25, -0.2) is 4.39 Å². The number of rotatable bonds is 5. The van der Waals surface area contributed by atoms with Gasteiger partial charge in [0, 0.05) is 6.54 Å². The average Bonchev–Trinajstić information content (AvgIpc) is 2.49. The van der Waals surface area contributed by atoms with Gasteiger partial charge in [-0.15, -0.1) is 0 Å². The van der Waals surface area contributed by atoms with Crippen LogP contribution in [0.1, 0.15) is 11.6 Å². The Bertz CT molecular complexity index is 616. The SMILES string of the molecule is CN(C)C[C@H](NC(=S)Nc1ccccc1F)c1ccccc1. The van der Waals surface area contributed by atoms with E-state index in [0.29, 0.717) is 10.8 Å². The minimum atomic E-state index is -0.324. The molecule has 0 fully saturated rings. The van der Waals surface area contributed by atoms with Crippen LogP contribution in [0.3, 0.4) is 0 Å². The summed E-state index contributed by atoms with van der Waals surface area (Å²) in [6, 6.07) is 16.6. The monoisotopic (exact) mass is 317 g/mol. The number of hydrogen-bond donors (Lipinski definition) is 2. The Balaban J connectivity index is 2.07. The van der Waals surface area contributed by atoms with Gasteiger partial charge in [0.05, 0.1) is 11.7 Å². The van der Waals surface area contributed by atoms with E-state index in [1.54, 1.807) is 18.2 Å². The first-order valence-electron chi connectivity index (χ1n) is 7.08. The number of nitrogens with one attached hydrogen (secondary N) is 2. The molecule has 0 saturated carbocycles. The van der Waals surface area contributed by atoms with Crippen LogP contribution in [0.2, 0.25) is 0 Å². The highest BCUT2D eigenvalue weighted by atomic mass is 32.1. The summed E-state index contributed by atoms with van der Waals surface area (Å²) in [5.74, 6) is -0.324. The molecule has 2 N–H and O–H groups in total. The Morgan fingerprint density at radius 2 is 1.73 bits per heavy atom. The van der Waals surface area contributed by atoms with Crippen LogP contribution in [0, 0.1) is 5.82 Å². The zero-order chi connectivity index (χ0) is 15.9. The van der Waals surface area contributed by atoms with Crippen LogP contribution in [-0.2, 0) is 0 Å². The molecule has 0 aliphatic carbocycles. The fourth-order valence-electron chi connectivity index (χ4n) is 2.16. The van der Waals surface area contributed by atoms with Crippen molar-refractivity contribution in [2.45, 2.75) is 6.04 Å². The number of halogens is 1. The van der Waals surface area contributed by atoms with Gasteiger partial charge >= 0.3 is 0 Å². The lowest BCUT2D eigenvalue weighted by molar-refractivity contribution is 0.363. The van der Waals surface area contributed by atoms with Crippen LogP contribution >= 0.6 is 12.2 Å². The number of benzene rings is 2. The molecule has 0 bridgehead atoms. The van der Waals surface area contributed by atoms with E-state index >= 15 is 0 Å². The van der Waals surface area contributed by atoms with Crippen LogP contribution in [0.5, 0.6) is 0 Å². The first-order valence-corrected chi connectivity index (χ1v) is 7.49. The molecule has 5 heteroatoms. The molecule has 0 aromatic heterocycles. The van der Waals surface area contributed by atoms with E-state index in [1.165, 1.54) is 6.07 Å². The topological polar surface area (TPSA) is 27.3 Å². The maximum atomic E-state index is 13.7. The Hall–Kier alpha value is -1.98. The van der Waals surface area contributed by atoms with Crippen LogP contribution in [-0.4, -0.2) is 30.7 Å². The fourth-order valence-corrected chi connectivity index (χ4v) is 2.42. The van der Waals surface area contributed by atoms with Crippen molar-refractivity contribution >= 4 is 23.0 Å². The molecule has 0 radical (unpaired) electrons. The standard InChI is InChI=1S/C17H20FN3S/c1-21(2)12-16(13-8-4-3-5-9-13)20-17(22)19-15-11-7-6-10-14(15)18/h3-11,16H,12H2,1-2H3,(H2,19,20,22)/t16-/m0/s1. The van der Waals surface area contributed by atoms with Crippen LogP contribution in [0.4, 0.5) is 10.1 Å². The Kier molecular flexibility index (Phi) is 5.86. The molecule has 0 amide bonds. The summed E-state index contributed by atoms with van der Waals surface area (Å²) >= 11 is 5.32. The molecule has 0 aliphatic rings. The molecule has 0 aliphatic heterocycles. The van der Waals surface area contributed by atoms with Crippen molar-refractivity contribution in [3.8, 4) is 0 Å². The molecule has 0 unspecified atom stereocenters. The minimum absolute atomic E-state index is 0.0305. The third-order valence-corrected chi connectivity index (χ3v) is 3.40. The molecular weight excluding hydrogens is 297 g/mol. The van der Waals surface area contributed by atoms with Gasteiger partial charge < -0.3 is 15.5 Å². The highest BCUT2D eigenvalue weighted by Crippen LogP contribution is 2.15. The molecule has 116 valence electrons. The van der Waals surface area contributed by atoms with Crippen LogP contribution < -0.4 is 10.6 Å². The van der Waals surface area contributed by atoms with Gasteiger partial charge in [0.15, 0.2) is 5.11 Å². The van der Waals surface area contributed by atoms with E-state index in [9.17, 15) is 4.39 Å². The van der Waals surface area contributed by atoms with Crippen molar-refractivity contribution in [3.63, 3.8) is 0 Å². The van der Waals surface area contributed by atoms with Gasteiger partial charge in [0.25, 0.3) is 0 Å². The summed E-state index contributed by atoms with van der Waals surface area (Å²) in [4.78, 5) is 2.08. The van der Waals surface area contributed by atoms with Crippen molar-refractivity contribution in [1.82, 2.24) is 10.2 Å². The molecule has 2 rings (SSSR count). The lowest BCUT2D eigenvalue weighted by atomic mass is 10.1. The average molecular weight is 317 g/mol. The molecule has 0 saturated heterocycles. The van der Waals surface area contributed by atoms with E-state index in [2.05, 4.69) is 15.5 Å². The van der Waals surface area contributed by atoms with Crippen molar-refractivity contribution in [2.75, 3.05) is 26.0 Å². The van der Waals surface area contributed by atoms with Crippen LogP contribution in [0.25, 0.3) is 0 Å². The van der Waals surface area contributed by atoms with Crippen molar-refractivity contribution in [1.29, 1.82) is 0 Å². The first kappa shape index (κ1) is 16.4. The van der Waals surface area contributed by atoms with Gasteiger partial charge in [-0.2, -0.15) is 0 Å². The molecule has 0 heterocycles. The molecule has 22 heavy (non-hydrogen) atoms. The summed E-state index contributed by atoms with van der Waals surface area (Å²) in [7, 11) is 4.01. The second-order valence-corrected chi connectivity index (χ2v) is 5.71. The lowest BCUT2D eigenvalue weighted by Gasteiger charge is -2.24. The fraction of sp³-hybridized carbons (Fsp3) is 0.235. The third kappa shape index (κ3) is 4.79. The Labute approximate surface area is 136 Å². The zero-order valence-corrected chi connectivity index (χ0v) is 13.5. The molecule has 2 aromatic rings. The minimum Gasteiger partial charge on any atom is -0.354 e. The first-order chi connectivity index (χ1) is 10.6. The molecular formula is C17H20FN3S. The maximum absolute atomic E-state index is 13.7. The van der Waals surface area contributed by atoms with Gasteiger partial charge in [-0.1, -0.05) is 42.5 Å². The quantitative estimate of drug-likeness (QED) is 0.827. The summed E-state index contributed by atoms with van der Waals surface area (Å²) in [5, 5.41) is 6.57. The highest BCUT2D eigenvalue weighted by molar-refractivity contribution is 7.80. The highest BCUT2D eigenvalue weighted by Gasteiger charge is 2.14. The Morgan fingerprint density at radius 3 is 2.36 bits per heavy atom. The van der Waals surface area contributed by atoms with Gasteiger partial charge in [0.2, 0.25) is 0 Å². The number of likely N-dealkylation sites (N-methyl/N-ethyl adjacent to an activating group) is 1. The summed E-state index contributed by atoms with van der Waals surface area (Å²) in [6.07, 6.45) is 0. The number of thiocarbonyl (C=S) groups is 1. The summed E-state index contributed by atoms with van der Waals surface area (Å²) in [5.41, 5.74) is 1.51. The lowest BCUT2D eigenvalue weighted by Crippen LogP contribution is -2.37. The van der Waals surface area contributed by atoms with Crippen LogP contribution in [0.15, 0.2) is 54.6 Å². The smallest absolute Gasteiger partial charge is 0.171 e. The van der Waals surface area contributed by atoms with Gasteiger partial charge in [-0.3, -0.25) is 0 Å². The largest absolute Gasteiger partial charge is 0.354 e. The number of anilines is 1. The number of para-hydroxylation sites is 1. The van der Waals surface area contributed by atoms with E-state index in [-0.39, 0.29) is 11.9 Å². The van der Waals surface area contributed by atoms with E-state index in [1.807, 2.05) is 44.4 Å². The maximum Gasteiger partial charge on any atom is 0.171 e. The second-order valence-electron chi connectivity index (χ2n) is 5.30. The molecule has 1 atom stereocenters. The third-order valence-electron chi connectivity index (χ3n) is 3.18. The van der Waals surface area contributed by atoms with Gasteiger partial charge in [0.1, 0.15) is 5.82 Å². The predicted molar refractivity (Wildman–Crippen MR) is 93.5 cm³/mol. The van der Waals surface area contributed by atoms with Crippen molar-refractivity contribution < 1.29 is 4.39 Å².